The number of amides is 3. The number of esters is 1. The molecule has 3 amide bonds. The van der Waals surface area contributed by atoms with Crippen LogP contribution in [0.5, 0.6) is 5.75 Å². The van der Waals surface area contributed by atoms with Crippen molar-refractivity contribution in [2.24, 2.45) is 5.73 Å². The van der Waals surface area contributed by atoms with Crippen molar-refractivity contribution in [2.75, 3.05) is 27.4 Å². The van der Waals surface area contributed by atoms with Crippen molar-refractivity contribution in [3.8, 4) is 5.75 Å². The van der Waals surface area contributed by atoms with Gasteiger partial charge in [0, 0.05) is 20.2 Å². The molecule has 0 bridgehead atoms. The number of urea groups is 1. The third-order valence-electron chi connectivity index (χ3n) is 6.61. The predicted molar refractivity (Wildman–Crippen MR) is 139 cm³/mol. The molecule has 2 aromatic carbocycles. The van der Waals surface area contributed by atoms with Gasteiger partial charge in [-0.25, -0.2) is 14.4 Å². The second kappa shape index (κ2) is 12.0. The predicted octanol–water partition coefficient (Wildman–Crippen LogP) is 2.32. The molecule has 1 atom stereocenters. The van der Waals surface area contributed by atoms with Crippen LogP contribution >= 0.6 is 0 Å². The van der Waals surface area contributed by atoms with Crippen LogP contribution in [0.2, 0.25) is 0 Å². The number of carbonyl (C=O) groups excluding carboxylic acids is 3. The van der Waals surface area contributed by atoms with E-state index in [4.69, 9.17) is 19.9 Å². The molecular formula is C27H32N4O7. The van der Waals surface area contributed by atoms with Gasteiger partial charge in [0.05, 0.1) is 49.4 Å². The van der Waals surface area contributed by atoms with Crippen molar-refractivity contribution >= 4 is 28.9 Å². The van der Waals surface area contributed by atoms with E-state index >= 15 is 0 Å². The van der Waals surface area contributed by atoms with E-state index in [0.29, 0.717) is 49.3 Å². The second-order valence-electron chi connectivity index (χ2n) is 9.16. The van der Waals surface area contributed by atoms with Crippen molar-refractivity contribution in [2.45, 2.75) is 44.9 Å². The quantitative estimate of drug-likeness (QED) is 0.318. The number of rotatable bonds is 10. The number of methoxy groups -OCH3 is 1. The van der Waals surface area contributed by atoms with Gasteiger partial charge in [0.2, 0.25) is 5.91 Å². The molecule has 0 spiro atoms. The molecule has 1 aliphatic rings. The topological polar surface area (TPSA) is 135 Å². The van der Waals surface area contributed by atoms with Gasteiger partial charge in [-0.2, -0.15) is 0 Å². The van der Waals surface area contributed by atoms with Gasteiger partial charge in [-0.15, -0.1) is 0 Å². The lowest BCUT2D eigenvalue weighted by Gasteiger charge is -2.15. The number of carbonyl (C=O) groups is 3. The Morgan fingerprint density at radius 1 is 1.16 bits per heavy atom. The number of nitrogens with two attached hydrogens (primary N) is 1. The van der Waals surface area contributed by atoms with Gasteiger partial charge in [0.1, 0.15) is 5.75 Å². The highest BCUT2D eigenvalue weighted by Crippen LogP contribution is 2.25. The zero-order valence-electron chi connectivity index (χ0n) is 21.6. The lowest BCUT2D eigenvalue weighted by Crippen LogP contribution is -2.38. The van der Waals surface area contributed by atoms with Crippen LogP contribution < -0.4 is 16.2 Å². The van der Waals surface area contributed by atoms with Crippen molar-refractivity contribution in [3.05, 3.63) is 64.1 Å². The number of ether oxygens (including phenoxy) is 3. The number of aryl methyl sites for hydroxylation is 1. The van der Waals surface area contributed by atoms with Crippen LogP contribution in [-0.2, 0) is 33.8 Å². The van der Waals surface area contributed by atoms with E-state index in [1.54, 1.807) is 15.2 Å². The Morgan fingerprint density at radius 3 is 2.58 bits per heavy atom. The highest BCUT2D eigenvalue weighted by Gasteiger charge is 2.25. The van der Waals surface area contributed by atoms with Crippen LogP contribution in [0.15, 0.2) is 47.3 Å². The minimum atomic E-state index is -0.901. The first-order valence-corrected chi connectivity index (χ1v) is 12.5. The van der Waals surface area contributed by atoms with Gasteiger partial charge < -0.3 is 19.9 Å². The minimum absolute atomic E-state index is 0.138. The molecule has 1 aliphatic heterocycles. The molecule has 1 saturated heterocycles. The third-order valence-corrected chi connectivity index (χ3v) is 6.61. The molecular weight excluding hydrogens is 492 g/mol. The molecule has 38 heavy (non-hydrogen) atoms. The summed E-state index contributed by atoms with van der Waals surface area (Å²) in [5.74, 6) is -0.452. The lowest BCUT2D eigenvalue weighted by atomic mass is 10.0. The van der Waals surface area contributed by atoms with Gasteiger partial charge in [0.15, 0.2) is 0 Å². The summed E-state index contributed by atoms with van der Waals surface area (Å²) in [4.78, 5) is 51.4. The molecule has 1 aromatic heterocycles. The maximum Gasteiger partial charge on any atom is 0.337 e. The number of imidazole rings is 1. The fourth-order valence-electron chi connectivity index (χ4n) is 4.62. The molecule has 1 unspecified atom stereocenters. The first kappa shape index (κ1) is 26.9. The number of nitrogens with zero attached hydrogens (tertiary/aromatic N) is 3. The first-order chi connectivity index (χ1) is 18.3. The number of para-hydroxylation sites is 1. The number of primary amides is 1. The average molecular weight is 525 g/mol. The Kier molecular flexibility index (Phi) is 8.47. The van der Waals surface area contributed by atoms with E-state index in [2.05, 4.69) is 0 Å². The van der Waals surface area contributed by atoms with E-state index in [-0.39, 0.29) is 23.8 Å². The van der Waals surface area contributed by atoms with Crippen LogP contribution in [0.3, 0.4) is 0 Å². The molecule has 0 radical (unpaired) electrons. The number of likely N-dealkylation sites (N-methyl/N-ethyl adjacent to an activating group) is 1. The molecule has 0 aliphatic carbocycles. The van der Waals surface area contributed by atoms with Gasteiger partial charge >= 0.3 is 17.7 Å². The van der Waals surface area contributed by atoms with Gasteiger partial charge in [-0.1, -0.05) is 18.2 Å². The lowest BCUT2D eigenvalue weighted by molar-refractivity contribution is -0.126. The van der Waals surface area contributed by atoms with Gasteiger partial charge in [0.25, 0.3) is 0 Å². The van der Waals surface area contributed by atoms with Gasteiger partial charge in [-0.3, -0.25) is 18.8 Å². The summed E-state index contributed by atoms with van der Waals surface area (Å²) in [6, 6.07) is 11.6. The van der Waals surface area contributed by atoms with E-state index in [1.165, 1.54) is 20.2 Å². The first-order valence-electron chi connectivity index (χ1n) is 12.5. The molecule has 2 N–H and O–H groups in total. The van der Waals surface area contributed by atoms with Crippen molar-refractivity contribution in [3.63, 3.8) is 0 Å². The summed E-state index contributed by atoms with van der Waals surface area (Å²) in [7, 11) is 2.54. The number of hydrogen-bond acceptors (Lipinski definition) is 7. The summed E-state index contributed by atoms with van der Waals surface area (Å²) in [5, 5.41) is 0. The smallest absolute Gasteiger partial charge is 0.337 e. The maximum atomic E-state index is 13.7. The zero-order chi connectivity index (χ0) is 27.2. The number of imide groups is 1. The number of benzene rings is 2. The number of fused-ring (bicyclic) bond motifs is 1. The summed E-state index contributed by atoms with van der Waals surface area (Å²) in [6.07, 6.45) is 1.85. The Balaban J connectivity index is 1.76. The van der Waals surface area contributed by atoms with Crippen molar-refractivity contribution in [1.82, 2.24) is 14.0 Å². The van der Waals surface area contributed by atoms with Crippen molar-refractivity contribution in [1.29, 1.82) is 0 Å². The van der Waals surface area contributed by atoms with Crippen LogP contribution in [-0.4, -0.2) is 65.4 Å². The normalized spacial score (nSPS) is 14.9. The molecule has 11 nitrogen and oxygen atoms in total. The largest absolute Gasteiger partial charge is 0.494 e. The number of aromatic nitrogens is 2. The highest BCUT2D eigenvalue weighted by atomic mass is 16.5. The molecule has 3 aromatic rings. The minimum Gasteiger partial charge on any atom is -0.494 e. The van der Waals surface area contributed by atoms with E-state index in [9.17, 15) is 19.2 Å². The van der Waals surface area contributed by atoms with Crippen LogP contribution in [0, 0.1) is 0 Å². The average Bonchev–Trinajstić information content (AvgIpc) is 3.53. The monoisotopic (exact) mass is 524 g/mol. The van der Waals surface area contributed by atoms with Gasteiger partial charge in [-0.05, 0) is 49.1 Å². The van der Waals surface area contributed by atoms with Crippen molar-refractivity contribution < 1.29 is 28.6 Å². The standard InChI is InChI=1S/C27H32N4O7/c1-29(26(28)34)23(32)16-18-14-19(25(33)36-2)15-22-24(18)30(11-7-13-37-20-8-4-3-5-9-20)27(35)31(22)17-21-10-6-12-38-21/h3-5,8-9,14-15,21H,6-7,10-13,16-17H2,1-2H3,(H2,28,34). The molecule has 2 heterocycles. The summed E-state index contributed by atoms with van der Waals surface area (Å²) in [5.41, 5.74) is 6.60. The summed E-state index contributed by atoms with van der Waals surface area (Å²) < 4.78 is 19.7. The van der Waals surface area contributed by atoms with E-state index < -0.39 is 17.9 Å². The maximum absolute atomic E-state index is 13.7. The Morgan fingerprint density at radius 2 is 1.92 bits per heavy atom. The number of hydrogen-bond donors (Lipinski definition) is 1. The molecule has 1 fully saturated rings. The summed E-state index contributed by atoms with van der Waals surface area (Å²) in [6.45, 7) is 1.61. The Labute approximate surface area is 219 Å². The van der Waals surface area contributed by atoms with Crippen LogP contribution in [0.4, 0.5) is 4.79 Å². The molecule has 11 heteroatoms. The highest BCUT2D eigenvalue weighted by molar-refractivity contribution is 5.99. The molecule has 0 saturated carbocycles. The second-order valence-corrected chi connectivity index (χ2v) is 9.16. The Bertz CT molecular complexity index is 1370. The summed E-state index contributed by atoms with van der Waals surface area (Å²) >= 11 is 0. The molecule has 202 valence electrons. The Hall–Kier alpha value is -4.12. The fraction of sp³-hybridized carbons (Fsp3) is 0.407. The van der Waals surface area contributed by atoms with E-state index in [0.717, 1.165) is 23.5 Å². The van der Waals surface area contributed by atoms with Crippen LogP contribution in [0.1, 0.15) is 35.2 Å². The zero-order valence-corrected chi connectivity index (χ0v) is 21.6. The fourth-order valence-corrected chi connectivity index (χ4v) is 4.62. The SMILES string of the molecule is COC(=O)c1cc(CC(=O)N(C)C(N)=O)c2c(c1)n(CC1CCCO1)c(=O)n2CCCOc1ccccc1. The third kappa shape index (κ3) is 5.88. The van der Waals surface area contributed by atoms with Crippen LogP contribution in [0.25, 0.3) is 11.0 Å². The molecule has 4 rings (SSSR count). The van der Waals surface area contributed by atoms with E-state index in [1.807, 2.05) is 30.3 Å².